The summed E-state index contributed by atoms with van der Waals surface area (Å²) >= 11 is 0. The number of aromatic nitrogens is 1. The third-order valence-electron chi connectivity index (χ3n) is 5.53. The van der Waals surface area contributed by atoms with E-state index in [0.29, 0.717) is 5.41 Å². The highest BCUT2D eigenvalue weighted by Gasteiger charge is 2.24. The molecule has 1 saturated carbocycles. The van der Waals surface area contributed by atoms with Gasteiger partial charge in [0, 0.05) is 11.8 Å². The van der Waals surface area contributed by atoms with Gasteiger partial charge in [0.1, 0.15) is 0 Å². The van der Waals surface area contributed by atoms with Crippen LogP contribution in [0.25, 0.3) is 11.3 Å². The predicted octanol–water partition coefficient (Wildman–Crippen LogP) is 6.54. The van der Waals surface area contributed by atoms with Crippen molar-refractivity contribution in [2.45, 2.75) is 78.4 Å². The molecule has 1 aliphatic carbocycles. The molecule has 0 radical (unpaired) electrons. The van der Waals surface area contributed by atoms with Gasteiger partial charge in [-0.25, -0.2) is 0 Å². The van der Waals surface area contributed by atoms with Crippen molar-refractivity contribution < 1.29 is 0 Å². The Labute approximate surface area is 161 Å². The molecule has 1 aliphatic rings. The van der Waals surface area contributed by atoms with Crippen LogP contribution in [0.3, 0.4) is 0 Å². The molecule has 0 unspecified atom stereocenters. The van der Waals surface area contributed by atoms with Crippen LogP contribution in [0.5, 0.6) is 0 Å². The summed E-state index contributed by atoms with van der Waals surface area (Å²) in [5.41, 5.74) is 5.73. The van der Waals surface area contributed by atoms with Crippen LogP contribution in [0, 0.1) is 5.41 Å². The molecular weight excluding hydrogens is 330 g/mol. The molecule has 0 aliphatic heterocycles. The van der Waals surface area contributed by atoms with Gasteiger partial charge in [-0.15, -0.1) is 0 Å². The summed E-state index contributed by atoms with van der Waals surface area (Å²) in [7, 11) is -1.40. The zero-order chi connectivity index (χ0) is 18.9. The first-order valence-electron chi connectivity index (χ1n) is 10.2. The number of hydrogen-bond acceptors (Lipinski definition) is 1. The van der Waals surface area contributed by atoms with Gasteiger partial charge >= 0.3 is 0 Å². The summed E-state index contributed by atoms with van der Waals surface area (Å²) in [6, 6.07) is 11.5. The molecule has 0 saturated heterocycles. The van der Waals surface area contributed by atoms with Crippen molar-refractivity contribution in [1.82, 2.24) is 4.98 Å². The molecule has 140 valence electrons. The second-order valence-corrected chi connectivity index (χ2v) is 15.4. The van der Waals surface area contributed by atoms with Gasteiger partial charge in [-0.3, -0.25) is 4.98 Å². The lowest BCUT2D eigenvalue weighted by Gasteiger charge is -2.26. The summed E-state index contributed by atoms with van der Waals surface area (Å²) in [6.45, 7) is 14.3. The summed E-state index contributed by atoms with van der Waals surface area (Å²) in [5.74, 6) is 0.755. The smallest absolute Gasteiger partial charge is 0.0799 e. The molecule has 1 aromatic heterocycles. The van der Waals surface area contributed by atoms with Gasteiger partial charge in [-0.1, -0.05) is 71.5 Å². The largest absolute Gasteiger partial charge is 0.256 e. The topological polar surface area (TPSA) is 12.9 Å². The maximum atomic E-state index is 4.91. The Morgan fingerprint density at radius 3 is 2.35 bits per heavy atom. The van der Waals surface area contributed by atoms with Crippen LogP contribution < -0.4 is 5.19 Å². The predicted molar refractivity (Wildman–Crippen MR) is 117 cm³/mol. The van der Waals surface area contributed by atoms with Gasteiger partial charge in [-0.2, -0.15) is 0 Å². The van der Waals surface area contributed by atoms with E-state index in [1.165, 1.54) is 47.6 Å². The summed E-state index contributed by atoms with van der Waals surface area (Å²) in [4.78, 5) is 4.91. The first-order chi connectivity index (χ1) is 12.1. The second kappa shape index (κ2) is 7.30. The molecule has 1 nitrogen and oxygen atoms in total. The molecule has 26 heavy (non-hydrogen) atoms. The maximum Gasteiger partial charge on any atom is 0.0799 e. The number of hydrogen-bond donors (Lipinski definition) is 0. The Balaban J connectivity index is 2.00. The van der Waals surface area contributed by atoms with Crippen LogP contribution in [-0.2, 0) is 6.42 Å². The highest BCUT2D eigenvalue weighted by Crippen LogP contribution is 2.35. The van der Waals surface area contributed by atoms with Crippen molar-refractivity contribution in [1.29, 1.82) is 0 Å². The van der Waals surface area contributed by atoms with Crippen LogP contribution in [0.2, 0.25) is 19.6 Å². The van der Waals surface area contributed by atoms with Gasteiger partial charge in [-0.05, 0) is 59.0 Å². The van der Waals surface area contributed by atoms with Crippen molar-refractivity contribution in [3.8, 4) is 11.3 Å². The van der Waals surface area contributed by atoms with Crippen LogP contribution in [0.4, 0.5) is 0 Å². The van der Waals surface area contributed by atoms with E-state index < -0.39 is 8.07 Å². The highest BCUT2D eigenvalue weighted by atomic mass is 28.3. The summed E-state index contributed by atoms with van der Waals surface area (Å²) < 4.78 is 0. The Morgan fingerprint density at radius 2 is 1.73 bits per heavy atom. The fraction of sp³-hybridized carbons (Fsp3) is 0.542. The van der Waals surface area contributed by atoms with Crippen molar-refractivity contribution in [3.05, 3.63) is 47.7 Å². The van der Waals surface area contributed by atoms with E-state index in [4.69, 9.17) is 4.98 Å². The van der Waals surface area contributed by atoms with Gasteiger partial charge in [0.05, 0.1) is 13.8 Å². The van der Waals surface area contributed by atoms with E-state index in [1.54, 1.807) is 0 Å². The third-order valence-corrected chi connectivity index (χ3v) is 7.59. The lowest BCUT2D eigenvalue weighted by Crippen LogP contribution is -2.41. The molecule has 0 atom stereocenters. The fourth-order valence-corrected chi connectivity index (χ4v) is 5.83. The SMILES string of the molecule is CC(C)(C)Cc1cc(-c2cccc(C3CCCC3)c2)ncc1[Si](C)(C)C. The molecule has 2 heteroatoms. The fourth-order valence-electron chi connectivity index (χ4n) is 4.26. The molecule has 1 heterocycles. The molecule has 0 N–H and O–H groups in total. The standard InChI is InChI=1S/C24H35NSi/c1-24(2,3)16-21-15-22(25-17-23(21)26(4,5)6)20-13-9-12-19(14-20)18-10-7-8-11-18/h9,12-15,17-18H,7-8,10-11,16H2,1-6H3. The number of pyridine rings is 1. The minimum atomic E-state index is -1.40. The first kappa shape index (κ1) is 19.4. The van der Waals surface area contributed by atoms with Crippen LogP contribution >= 0.6 is 0 Å². The van der Waals surface area contributed by atoms with Gasteiger partial charge in [0.2, 0.25) is 0 Å². The first-order valence-corrected chi connectivity index (χ1v) is 13.7. The van der Waals surface area contributed by atoms with Gasteiger partial charge < -0.3 is 0 Å². The van der Waals surface area contributed by atoms with E-state index in [9.17, 15) is 0 Å². The number of nitrogens with zero attached hydrogens (tertiary/aromatic N) is 1. The molecule has 0 spiro atoms. The molecule has 2 aromatic rings. The minimum absolute atomic E-state index is 0.290. The van der Waals surface area contributed by atoms with Crippen molar-refractivity contribution in [3.63, 3.8) is 0 Å². The number of benzene rings is 1. The normalized spacial score (nSPS) is 16.2. The highest BCUT2D eigenvalue weighted by molar-refractivity contribution is 6.89. The Hall–Kier alpha value is -1.41. The Kier molecular flexibility index (Phi) is 5.44. The molecule has 0 bridgehead atoms. The average Bonchev–Trinajstić information content (AvgIpc) is 3.07. The second-order valence-electron chi connectivity index (χ2n) is 10.3. The third kappa shape index (κ3) is 4.65. The monoisotopic (exact) mass is 365 g/mol. The zero-order valence-corrected chi connectivity index (χ0v) is 18.5. The summed E-state index contributed by atoms with van der Waals surface area (Å²) in [6.07, 6.45) is 8.76. The molecule has 0 amide bonds. The Bertz CT molecular complexity index is 759. The van der Waals surface area contributed by atoms with Crippen LogP contribution in [0.1, 0.15) is 63.5 Å². The number of rotatable bonds is 4. The average molecular weight is 366 g/mol. The van der Waals surface area contributed by atoms with E-state index >= 15 is 0 Å². The summed E-state index contributed by atoms with van der Waals surface area (Å²) in [5, 5.41) is 1.52. The van der Waals surface area contributed by atoms with Crippen molar-refractivity contribution in [2.24, 2.45) is 5.41 Å². The van der Waals surface area contributed by atoms with E-state index in [2.05, 4.69) is 76.9 Å². The molecule has 1 fully saturated rings. The maximum absolute atomic E-state index is 4.91. The van der Waals surface area contributed by atoms with E-state index in [-0.39, 0.29) is 0 Å². The Morgan fingerprint density at radius 1 is 1.04 bits per heavy atom. The van der Waals surface area contributed by atoms with Gasteiger partial charge in [0.15, 0.2) is 0 Å². The van der Waals surface area contributed by atoms with Crippen LogP contribution in [-0.4, -0.2) is 13.1 Å². The minimum Gasteiger partial charge on any atom is -0.256 e. The molecular formula is C24H35NSi. The molecule has 3 rings (SSSR count). The van der Waals surface area contributed by atoms with Crippen molar-refractivity contribution in [2.75, 3.05) is 0 Å². The van der Waals surface area contributed by atoms with Crippen molar-refractivity contribution >= 4 is 13.3 Å². The lowest BCUT2D eigenvalue weighted by atomic mass is 9.88. The van der Waals surface area contributed by atoms with Gasteiger partial charge in [0.25, 0.3) is 0 Å². The lowest BCUT2D eigenvalue weighted by molar-refractivity contribution is 0.412. The van der Waals surface area contributed by atoms with E-state index in [0.717, 1.165) is 18.0 Å². The van der Waals surface area contributed by atoms with E-state index in [1.807, 2.05) is 0 Å². The van der Waals surface area contributed by atoms with Crippen LogP contribution in [0.15, 0.2) is 36.5 Å². The zero-order valence-electron chi connectivity index (χ0n) is 17.5. The quantitative estimate of drug-likeness (QED) is 0.561. The molecule has 1 aromatic carbocycles.